The number of H-pyrrole nitrogens is 1. The van der Waals surface area contributed by atoms with E-state index in [1.807, 2.05) is 24.3 Å². The zero-order valence-electron chi connectivity index (χ0n) is 15.4. The number of piperidine rings is 1. The number of hydrogen-bond donors (Lipinski definition) is 1. The van der Waals surface area contributed by atoms with Crippen LogP contribution >= 0.6 is 0 Å². The number of amides is 1. The third kappa shape index (κ3) is 3.28. The molecule has 0 radical (unpaired) electrons. The summed E-state index contributed by atoms with van der Waals surface area (Å²) in [6.07, 6.45) is 1.79. The van der Waals surface area contributed by atoms with Gasteiger partial charge in [-0.25, -0.2) is 4.98 Å². The topological polar surface area (TPSA) is 101 Å². The molecule has 4 rings (SSSR count). The van der Waals surface area contributed by atoms with Crippen LogP contribution in [0.5, 0.6) is 5.75 Å². The van der Waals surface area contributed by atoms with Crippen molar-refractivity contribution in [3.8, 4) is 5.75 Å². The zero-order valence-corrected chi connectivity index (χ0v) is 15.4. The lowest BCUT2D eigenvalue weighted by atomic mass is 9.96. The predicted octanol–water partition coefficient (Wildman–Crippen LogP) is 3.50. The number of nitrogens with zero attached hydrogens (tertiary/aromatic N) is 3. The second-order valence-electron chi connectivity index (χ2n) is 6.87. The molecule has 1 amide bonds. The molecule has 0 aliphatic carbocycles. The number of rotatable bonds is 4. The van der Waals surface area contributed by atoms with Crippen LogP contribution in [0, 0.1) is 10.1 Å². The number of nitrogens with one attached hydrogen (secondary N) is 1. The van der Waals surface area contributed by atoms with Gasteiger partial charge in [0.05, 0.1) is 23.1 Å². The lowest BCUT2D eigenvalue weighted by Crippen LogP contribution is -2.39. The Hall–Kier alpha value is -3.42. The number of imidazole rings is 1. The molecule has 1 unspecified atom stereocenters. The highest BCUT2D eigenvalue weighted by Gasteiger charge is 2.28. The number of fused-ring (bicyclic) bond motifs is 1. The second-order valence-corrected chi connectivity index (χ2v) is 6.87. The fraction of sp³-hybridized carbons (Fsp3) is 0.300. The monoisotopic (exact) mass is 380 g/mol. The van der Waals surface area contributed by atoms with Gasteiger partial charge in [-0.3, -0.25) is 14.9 Å². The third-order valence-electron chi connectivity index (χ3n) is 5.13. The fourth-order valence-electron chi connectivity index (χ4n) is 3.70. The SMILES string of the molecule is COc1ccc(C(=O)N2CCCC(c3nc4ccccc4[nH]3)C2)cc1[N+](=O)[O-]. The molecule has 1 aromatic heterocycles. The number of nitro groups is 1. The van der Waals surface area contributed by atoms with E-state index in [2.05, 4.69) is 9.97 Å². The zero-order chi connectivity index (χ0) is 19.7. The molecule has 1 N–H and O–H groups in total. The minimum atomic E-state index is -0.539. The van der Waals surface area contributed by atoms with Crippen molar-refractivity contribution in [1.29, 1.82) is 0 Å². The number of benzene rings is 2. The molecule has 0 bridgehead atoms. The lowest BCUT2D eigenvalue weighted by Gasteiger charge is -2.32. The van der Waals surface area contributed by atoms with Gasteiger partial charge in [-0.1, -0.05) is 12.1 Å². The first-order valence-corrected chi connectivity index (χ1v) is 9.13. The summed E-state index contributed by atoms with van der Waals surface area (Å²) in [4.78, 5) is 33.4. The summed E-state index contributed by atoms with van der Waals surface area (Å²) in [5, 5.41) is 11.2. The van der Waals surface area contributed by atoms with Gasteiger partial charge in [0.1, 0.15) is 5.82 Å². The molecule has 1 saturated heterocycles. The minimum absolute atomic E-state index is 0.110. The minimum Gasteiger partial charge on any atom is -0.490 e. The Kier molecular flexibility index (Phi) is 4.68. The molecule has 1 aliphatic rings. The number of methoxy groups -OCH3 is 1. The maximum atomic E-state index is 13.0. The van der Waals surface area contributed by atoms with Crippen LogP contribution in [0.3, 0.4) is 0 Å². The van der Waals surface area contributed by atoms with Crippen molar-refractivity contribution in [2.24, 2.45) is 0 Å². The van der Waals surface area contributed by atoms with Gasteiger partial charge in [-0.15, -0.1) is 0 Å². The molecule has 8 nitrogen and oxygen atoms in total. The molecule has 144 valence electrons. The number of nitro benzene ring substituents is 1. The summed E-state index contributed by atoms with van der Waals surface area (Å²) in [5.74, 6) is 0.907. The number of para-hydroxylation sites is 2. The molecule has 0 saturated carbocycles. The van der Waals surface area contributed by atoms with Gasteiger partial charge in [-0.05, 0) is 37.1 Å². The van der Waals surface area contributed by atoms with Crippen LogP contribution in [0.1, 0.15) is 34.9 Å². The highest BCUT2D eigenvalue weighted by molar-refractivity contribution is 5.95. The van der Waals surface area contributed by atoms with E-state index in [0.29, 0.717) is 13.1 Å². The van der Waals surface area contributed by atoms with Gasteiger partial charge in [0.25, 0.3) is 5.91 Å². The van der Waals surface area contributed by atoms with E-state index in [0.717, 1.165) is 29.7 Å². The molecule has 28 heavy (non-hydrogen) atoms. The van der Waals surface area contributed by atoms with Gasteiger partial charge in [-0.2, -0.15) is 0 Å². The Morgan fingerprint density at radius 2 is 2.14 bits per heavy atom. The number of hydrogen-bond acceptors (Lipinski definition) is 5. The number of carbonyl (C=O) groups is 1. The summed E-state index contributed by atoms with van der Waals surface area (Å²) in [6, 6.07) is 12.2. The van der Waals surface area contributed by atoms with Crippen molar-refractivity contribution in [2.45, 2.75) is 18.8 Å². The first-order chi connectivity index (χ1) is 13.6. The first kappa shape index (κ1) is 18.0. The Labute approximate surface area is 161 Å². The number of aromatic amines is 1. The Balaban J connectivity index is 1.56. The van der Waals surface area contributed by atoms with E-state index in [4.69, 9.17) is 4.74 Å². The van der Waals surface area contributed by atoms with Crippen molar-refractivity contribution in [1.82, 2.24) is 14.9 Å². The van der Waals surface area contributed by atoms with E-state index >= 15 is 0 Å². The Morgan fingerprint density at radius 1 is 1.32 bits per heavy atom. The molecule has 2 heterocycles. The van der Waals surface area contributed by atoms with Crippen LogP contribution in [0.25, 0.3) is 11.0 Å². The van der Waals surface area contributed by atoms with Crippen LogP contribution in [-0.2, 0) is 0 Å². The molecular weight excluding hydrogens is 360 g/mol. The number of carbonyl (C=O) groups excluding carboxylic acids is 1. The molecule has 1 aliphatic heterocycles. The summed E-state index contributed by atoms with van der Waals surface area (Å²) in [7, 11) is 1.37. The van der Waals surface area contributed by atoms with Gasteiger partial charge in [0, 0.05) is 30.6 Å². The van der Waals surface area contributed by atoms with E-state index in [9.17, 15) is 14.9 Å². The van der Waals surface area contributed by atoms with Crippen molar-refractivity contribution in [3.05, 3.63) is 64.0 Å². The molecule has 1 fully saturated rings. The normalized spacial score (nSPS) is 16.9. The summed E-state index contributed by atoms with van der Waals surface area (Å²) in [5.41, 5.74) is 1.97. The van der Waals surface area contributed by atoms with E-state index in [1.54, 1.807) is 11.0 Å². The van der Waals surface area contributed by atoms with Crippen LogP contribution in [0.4, 0.5) is 5.69 Å². The first-order valence-electron chi connectivity index (χ1n) is 9.13. The second kappa shape index (κ2) is 7.30. The molecule has 3 aromatic rings. The average molecular weight is 380 g/mol. The third-order valence-corrected chi connectivity index (χ3v) is 5.13. The Bertz CT molecular complexity index is 1010. The standard InChI is InChI=1S/C20H20N4O4/c1-28-18-9-8-13(11-17(18)24(26)27)20(25)23-10-4-5-14(12-23)19-21-15-6-2-3-7-16(15)22-19/h2-3,6-9,11,14H,4-5,10,12H2,1H3,(H,21,22). The lowest BCUT2D eigenvalue weighted by molar-refractivity contribution is -0.385. The van der Waals surface area contributed by atoms with Gasteiger partial charge in [0.15, 0.2) is 5.75 Å². The van der Waals surface area contributed by atoms with Crippen LogP contribution in [0.15, 0.2) is 42.5 Å². The van der Waals surface area contributed by atoms with E-state index < -0.39 is 4.92 Å². The molecule has 2 aromatic carbocycles. The van der Waals surface area contributed by atoms with Gasteiger partial charge < -0.3 is 14.6 Å². The molecular formula is C20H20N4O4. The quantitative estimate of drug-likeness (QED) is 0.551. The Morgan fingerprint density at radius 3 is 2.89 bits per heavy atom. The fourth-order valence-corrected chi connectivity index (χ4v) is 3.70. The van der Waals surface area contributed by atoms with Crippen LogP contribution in [-0.4, -0.2) is 45.9 Å². The van der Waals surface area contributed by atoms with Crippen molar-refractivity contribution >= 4 is 22.6 Å². The van der Waals surface area contributed by atoms with Crippen molar-refractivity contribution in [3.63, 3.8) is 0 Å². The molecule has 0 spiro atoms. The largest absolute Gasteiger partial charge is 0.490 e. The maximum absolute atomic E-state index is 13.0. The molecule has 8 heteroatoms. The van der Waals surface area contributed by atoms with E-state index in [1.165, 1.54) is 19.2 Å². The summed E-state index contributed by atoms with van der Waals surface area (Å²) in [6.45, 7) is 1.15. The number of ether oxygens (including phenoxy) is 1. The van der Waals surface area contributed by atoms with Crippen molar-refractivity contribution < 1.29 is 14.5 Å². The van der Waals surface area contributed by atoms with E-state index in [-0.39, 0.29) is 28.8 Å². The maximum Gasteiger partial charge on any atom is 0.311 e. The highest BCUT2D eigenvalue weighted by Crippen LogP contribution is 2.30. The average Bonchev–Trinajstić information content (AvgIpc) is 3.17. The highest BCUT2D eigenvalue weighted by atomic mass is 16.6. The predicted molar refractivity (Wildman–Crippen MR) is 104 cm³/mol. The smallest absolute Gasteiger partial charge is 0.311 e. The number of likely N-dealkylation sites (tertiary alicyclic amines) is 1. The van der Waals surface area contributed by atoms with Gasteiger partial charge >= 0.3 is 5.69 Å². The van der Waals surface area contributed by atoms with Crippen molar-refractivity contribution in [2.75, 3.05) is 20.2 Å². The number of aromatic nitrogens is 2. The van der Waals surface area contributed by atoms with Gasteiger partial charge in [0.2, 0.25) is 0 Å². The van der Waals surface area contributed by atoms with Crippen LogP contribution < -0.4 is 4.74 Å². The summed E-state index contributed by atoms with van der Waals surface area (Å²) >= 11 is 0. The molecule has 1 atom stereocenters. The van der Waals surface area contributed by atoms with Crippen LogP contribution in [0.2, 0.25) is 0 Å². The summed E-state index contributed by atoms with van der Waals surface area (Å²) < 4.78 is 5.01.